The van der Waals surface area contributed by atoms with Gasteiger partial charge in [-0.05, 0) is 106 Å². The molecule has 0 spiro atoms. The smallest absolute Gasteiger partial charge is 0.121 e. The molecule has 0 aromatic rings. The van der Waals surface area contributed by atoms with E-state index < -0.39 is 0 Å². The third kappa shape index (κ3) is 3.72. The number of hydrogen-bond donors (Lipinski definition) is 1. The molecule has 0 aromatic carbocycles. The molecule has 5 unspecified atom stereocenters. The molecule has 0 amide bonds. The summed E-state index contributed by atoms with van der Waals surface area (Å²) >= 11 is 0. The van der Waals surface area contributed by atoms with Crippen molar-refractivity contribution in [2.75, 3.05) is 0 Å². The topological polar surface area (TPSA) is 21.3 Å². The van der Waals surface area contributed by atoms with Crippen molar-refractivity contribution in [1.82, 2.24) is 5.32 Å². The minimum absolute atomic E-state index is 0.262. The largest absolute Gasteiger partial charge is 0.489 e. The van der Waals surface area contributed by atoms with Crippen LogP contribution in [0.5, 0.6) is 0 Å². The fraction of sp³-hybridized carbons (Fsp3) is 0.568. The maximum Gasteiger partial charge on any atom is 0.121 e. The van der Waals surface area contributed by atoms with Crippen LogP contribution < -0.4 is 5.32 Å². The summed E-state index contributed by atoms with van der Waals surface area (Å²) < 4.78 is 6.50. The molecule has 1 saturated carbocycles. The van der Waals surface area contributed by atoms with Crippen LogP contribution in [0.3, 0.4) is 0 Å². The van der Waals surface area contributed by atoms with E-state index in [-0.39, 0.29) is 5.41 Å². The van der Waals surface area contributed by atoms with Crippen LogP contribution >= 0.6 is 0 Å². The van der Waals surface area contributed by atoms with Gasteiger partial charge in [0.2, 0.25) is 0 Å². The Balaban J connectivity index is 1.23. The van der Waals surface area contributed by atoms with Crippen LogP contribution in [0.4, 0.5) is 0 Å². The van der Waals surface area contributed by atoms with E-state index in [1.54, 1.807) is 16.7 Å². The number of rotatable bonds is 4. The lowest BCUT2D eigenvalue weighted by Gasteiger charge is -2.50. The fourth-order valence-corrected chi connectivity index (χ4v) is 10.1. The summed E-state index contributed by atoms with van der Waals surface area (Å²) in [5, 5.41) is 4.24. The third-order valence-electron chi connectivity index (χ3n) is 11.5. The molecular weight excluding hydrogens is 474 g/mol. The molecule has 1 N–H and O–H groups in total. The van der Waals surface area contributed by atoms with E-state index in [1.807, 2.05) is 5.57 Å². The van der Waals surface area contributed by atoms with E-state index in [1.165, 1.54) is 81.9 Å². The van der Waals surface area contributed by atoms with Crippen molar-refractivity contribution >= 4 is 0 Å². The van der Waals surface area contributed by atoms with Crippen molar-refractivity contribution < 1.29 is 4.74 Å². The zero-order valence-corrected chi connectivity index (χ0v) is 23.6. The average molecular weight is 520 g/mol. The zero-order chi connectivity index (χ0) is 25.8. The predicted octanol–water partition coefficient (Wildman–Crippen LogP) is 9.08. The van der Waals surface area contributed by atoms with Gasteiger partial charge in [0.1, 0.15) is 11.9 Å². The van der Waals surface area contributed by atoms with Crippen molar-refractivity contribution in [3.8, 4) is 0 Å². The second-order valence-electron chi connectivity index (χ2n) is 13.4. The van der Waals surface area contributed by atoms with Gasteiger partial charge in [0.25, 0.3) is 0 Å². The standard InChI is InChI=1S/C37H45NO/c1-3-13-25(14-4-1)37(26-15-5-2-6-16-26)29-19-9-7-17-27(29)35-30(37)20-11-21-31(35)38-32-22-12-24-34-36(32)28-18-8-10-23-33(28)39-34/h1,3,7-8,12,17-18,20,24-26,28,32-33,38H,2,4-6,9-11,13-16,19,21-23H2. The van der Waals surface area contributed by atoms with E-state index >= 15 is 0 Å². The summed E-state index contributed by atoms with van der Waals surface area (Å²) in [6, 6.07) is 0.350. The minimum atomic E-state index is 0.262. The van der Waals surface area contributed by atoms with Gasteiger partial charge in [-0.3, -0.25) is 0 Å². The van der Waals surface area contributed by atoms with Crippen molar-refractivity contribution in [3.05, 3.63) is 94.0 Å². The highest BCUT2D eigenvalue weighted by Gasteiger charge is 2.56. The van der Waals surface area contributed by atoms with Gasteiger partial charge < -0.3 is 10.1 Å². The van der Waals surface area contributed by atoms with E-state index in [2.05, 4.69) is 60.0 Å². The molecule has 1 aliphatic heterocycles. The number of allylic oxidation sites excluding steroid dienone is 12. The Morgan fingerprint density at radius 2 is 1.69 bits per heavy atom. The lowest BCUT2D eigenvalue weighted by Crippen LogP contribution is -2.42. The first-order valence-electron chi connectivity index (χ1n) is 16.4. The molecular formula is C37H45NO. The molecule has 1 heterocycles. The molecule has 2 nitrogen and oxygen atoms in total. The SMILES string of the molecule is C1=CC2=C(CC1)C(C1CC=CCC1)(C1CCCCC1)C1=CCCC(NC3CC=CC4=C3C3C=CCCC3O4)=C12. The summed E-state index contributed by atoms with van der Waals surface area (Å²) in [5.41, 5.74) is 10.1. The van der Waals surface area contributed by atoms with E-state index in [9.17, 15) is 0 Å². The van der Waals surface area contributed by atoms with E-state index in [0.29, 0.717) is 18.1 Å². The monoisotopic (exact) mass is 519 g/mol. The van der Waals surface area contributed by atoms with Gasteiger partial charge in [0.05, 0.1) is 6.04 Å². The van der Waals surface area contributed by atoms with Crippen LogP contribution in [-0.4, -0.2) is 12.1 Å². The summed E-state index contributed by atoms with van der Waals surface area (Å²) in [7, 11) is 0. The van der Waals surface area contributed by atoms with Gasteiger partial charge in [-0.15, -0.1) is 0 Å². The number of hydrogen-bond acceptors (Lipinski definition) is 2. The normalized spacial score (nSPS) is 37.4. The number of ether oxygens (including phenoxy) is 1. The van der Waals surface area contributed by atoms with Gasteiger partial charge in [-0.25, -0.2) is 0 Å². The van der Waals surface area contributed by atoms with Crippen LogP contribution in [0.2, 0.25) is 0 Å². The highest BCUT2D eigenvalue weighted by Crippen LogP contribution is 2.66. The Bertz CT molecular complexity index is 1270. The third-order valence-corrected chi connectivity index (χ3v) is 11.5. The number of fused-ring (bicyclic) bond motifs is 4. The van der Waals surface area contributed by atoms with E-state index in [0.717, 1.165) is 43.3 Å². The van der Waals surface area contributed by atoms with Crippen LogP contribution in [0.15, 0.2) is 94.0 Å². The van der Waals surface area contributed by atoms with Crippen molar-refractivity contribution in [2.24, 2.45) is 23.2 Å². The molecule has 204 valence electrons. The lowest BCUT2D eigenvalue weighted by molar-refractivity contribution is 0.114. The highest BCUT2D eigenvalue weighted by atomic mass is 16.5. The van der Waals surface area contributed by atoms with Crippen molar-refractivity contribution in [2.45, 2.75) is 108 Å². The quantitative estimate of drug-likeness (QED) is 0.374. The Labute approximate surface area is 235 Å². The Hall–Kier alpha value is -2.48. The molecule has 8 rings (SSSR count). The first-order chi connectivity index (χ1) is 19.4. The molecule has 0 bridgehead atoms. The van der Waals surface area contributed by atoms with Crippen LogP contribution in [0.25, 0.3) is 0 Å². The molecule has 0 radical (unpaired) electrons. The summed E-state index contributed by atoms with van der Waals surface area (Å²) in [6.45, 7) is 0. The second-order valence-corrected chi connectivity index (χ2v) is 13.4. The number of nitrogens with one attached hydrogen (secondary N) is 1. The Morgan fingerprint density at radius 3 is 2.59 bits per heavy atom. The molecule has 1 fully saturated rings. The summed E-state index contributed by atoms with van der Waals surface area (Å²) in [6.07, 6.45) is 41.7. The van der Waals surface area contributed by atoms with Gasteiger partial charge in [-0.2, -0.15) is 0 Å². The highest BCUT2D eigenvalue weighted by molar-refractivity contribution is 5.70. The first kappa shape index (κ1) is 24.3. The van der Waals surface area contributed by atoms with Gasteiger partial charge in [0, 0.05) is 28.2 Å². The molecule has 8 aliphatic rings. The summed E-state index contributed by atoms with van der Waals surface area (Å²) in [5.74, 6) is 3.18. The van der Waals surface area contributed by atoms with Crippen molar-refractivity contribution in [1.29, 1.82) is 0 Å². The molecule has 7 aliphatic carbocycles. The minimum Gasteiger partial charge on any atom is -0.489 e. The molecule has 2 heteroatoms. The summed E-state index contributed by atoms with van der Waals surface area (Å²) in [4.78, 5) is 0. The van der Waals surface area contributed by atoms with Gasteiger partial charge in [0.15, 0.2) is 0 Å². The molecule has 0 saturated heterocycles. The molecule has 5 atom stereocenters. The van der Waals surface area contributed by atoms with Gasteiger partial charge >= 0.3 is 0 Å². The molecule has 39 heavy (non-hydrogen) atoms. The van der Waals surface area contributed by atoms with E-state index in [4.69, 9.17) is 4.74 Å². The second kappa shape index (κ2) is 9.86. The van der Waals surface area contributed by atoms with Crippen LogP contribution in [-0.2, 0) is 4.74 Å². The average Bonchev–Trinajstić information content (AvgIpc) is 3.53. The Morgan fingerprint density at radius 1 is 0.769 bits per heavy atom. The van der Waals surface area contributed by atoms with Crippen LogP contribution in [0.1, 0.15) is 96.3 Å². The van der Waals surface area contributed by atoms with Gasteiger partial charge in [-0.1, -0.05) is 73.4 Å². The maximum atomic E-state index is 6.50. The predicted molar refractivity (Wildman–Crippen MR) is 160 cm³/mol. The van der Waals surface area contributed by atoms with Crippen molar-refractivity contribution in [3.63, 3.8) is 0 Å². The lowest BCUT2D eigenvalue weighted by atomic mass is 9.53. The molecule has 0 aromatic heterocycles. The maximum absolute atomic E-state index is 6.50. The Kier molecular flexibility index (Phi) is 6.15. The first-order valence-corrected chi connectivity index (χ1v) is 16.4. The zero-order valence-electron chi connectivity index (χ0n) is 23.6. The van der Waals surface area contributed by atoms with Crippen LogP contribution in [0, 0.1) is 23.2 Å². The fourth-order valence-electron chi connectivity index (χ4n) is 10.1.